The summed E-state index contributed by atoms with van der Waals surface area (Å²) in [7, 11) is 0. The Bertz CT molecular complexity index is 468. The van der Waals surface area contributed by atoms with Gasteiger partial charge in [0.2, 0.25) is 0 Å². The lowest BCUT2D eigenvalue weighted by Gasteiger charge is -2.21. The molecule has 1 aromatic rings. The Morgan fingerprint density at radius 2 is 1.95 bits per heavy atom. The van der Waals surface area contributed by atoms with Crippen LogP contribution in [-0.4, -0.2) is 37.1 Å². The van der Waals surface area contributed by atoms with Crippen LogP contribution >= 0.6 is 0 Å². The second-order valence-corrected chi connectivity index (χ2v) is 4.96. The zero-order valence-electron chi connectivity index (χ0n) is 12.2. The number of hydrogen-bond donors (Lipinski definition) is 1. The lowest BCUT2D eigenvalue weighted by molar-refractivity contribution is 0.217. The fourth-order valence-electron chi connectivity index (χ4n) is 2.49. The summed E-state index contributed by atoms with van der Waals surface area (Å²) in [5, 5.41) is 2.66. The minimum absolute atomic E-state index is 0.256. The molecule has 4 nitrogen and oxygen atoms in total. The highest BCUT2D eigenvalue weighted by molar-refractivity contribution is 5.90. The molecule has 0 bridgehead atoms. The molecule has 0 aliphatic carbocycles. The van der Waals surface area contributed by atoms with Crippen molar-refractivity contribution in [2.24, 2.45) is 0 Å². The third-order valence-electron chi connectivity index (χ3n) is 3.71. The number of carbonyl (C=O) groups excluding carboxylic acids is 1. The molecule has 0 atom stereocenters. The van der Waals surface area contributed by atoms with Gasteiger partial charge in [-0.15, -0.1) is 0 Å². The fraction of sp³-hybridized carbons (Fsp3) is 0.533. The van der Waals surface area contributed by atoms with E-state index in [9.17, 15) is 9.18 Å². The Kier molecular flexibility index (Phi) is 4.82. The van der Waals surface area contributed by atoms with Crippen LogP contribution in [0.3, 0.4) is 0 Å². The van der Waals surface area contributed by atoms with E-state index in [-0.39, 0.29) is 11.7 Å². The molecular weight excluding hydrogens is 257 g/mol. The first-order valence-corrected chi connectivity index (χ1v) is 7.26. The molecule has 1 heterocycles. The Labute approximate surface area is 119 Å². The molecule has 0 aromatic heterocycles. The minimum atomic E-state index is -0.395. The van der Waals surface area contributed by atoms with E-state index in [1.165, 1.54) is 18.9 Å². The molecule has 1 fully saturated rings. The average Bonchev–Trinajstić information content (AvgIpc) is 2.96. The summed E-state index contributed by atoms with van der Waals surface area (Å²) in [4.78, 5) is 15.8. The fourth-order valence-corrected chi connectivity index (χ4v) is 2.49. The number of benzene rings is 1. The molecule has 1 N–H and O–H groups in total. The van der Waals surface area contributed by atoms with Crippen molar-refractivity contribution in [1.82, 2.24) is 4.90 Å². The number of rotatable bonds is 4. The molecule has 110 valence electrons. The van der Waals surface area contributed by atoms with Crippen LogP contribution in [0.2, 0.25) is 0 Å². The van der Waals surface area contributed by atoms with Gasteiger partial charge in [0.25, 0.3) is 0 Å². The topological polar surface area (TPSA) is 35.6 Å². The lowest BCUT2D eigenvalue weighted by atomic mass is 10.2. The van der Waals surface area contributed by atoms with Gasteiger partial charge < -0.3 is 15.1 Å². The van der Waals surface area contributed by atoms with E-state index >= 15 is 0 Å². The Hall–Kier alpha value is -1.78. The number of anilines is 2. The second kappa shape index (κ2) is 6.59. The van der Waals surface area contributed by atoms with Gasteiger partial charge in [0.1, 0.15) is 5.82 Å². The summed E-state index contributed by atoms with van der Waals surface area (Å²) in [5.74, 6) is -0.395. The van der Waals surface area contributed by atoms with Crippen LogP contribution in [0.15, 0.2) is 18.2 Å². The first-order chi connectivity index (χ1) is 9.65. The van der Waals surface area contributed by atoms with Crippen molar-refractivity contribution in [1.29, 1.82) is 0 Å². The predicted molar refractivity (Wildman–Crippen MR) is 79.8 cm³/mol. The molecule has 1 aliphatic heterocycles. The van der Waals surface area contributed by atoms with Gasteiger partial charge in [0.05, 0.1) is 5.69 Å². The number of halogens is 1. The van der Waals surface area contributed by atoms with Crippen LogP contribution in [0, 0.1) is 5.82 Å². The molecule has 1 aromatic carbocycles. The number of urea groups is 1. The highest BCUT2D eigenvalue weighted by Gasteiger charge is 2.16. The summed E-state index contributed by atoms with van der Waals surface area (Å²) in [5.41, 5.74) is 1.23. The normalized spacial score (nSPS) is 14.4. The molecule has 0 spiro atoms. The maximum atomic E-state index is 13.8. The van der Waals surface area contributed by atoms with E-state index in [0.29, 0.717) is 13.1 Å². The SMILES string of the molecule is CCN(CC)C(=O)Nc1cc(N2CCCC2)ccc1F. The number of nitrogens with zero attached hydrogens (tertiary/aromatic N) is 2. The van der Waals surface area contributed by atoms with E-state index in [0.717, 1.165) is 18.8 Å². The first-order valence-electron chi connectivity index (χ1n) is 7.26. The van der Waals surface area contributed by atoms with E-state index < -0.39 is 5.82 Å². The van der Waals surface area contributed by atoms with Crippen molar-refractivity contribution in [2.75, 3.05) is 36.4 Å². The molecule has 2 amide bonds. The molecule has 20 heavy (non-hydrogen) atoms. The maximum absolute atomic E-state index is 13.8. The van der Waals surface area contributed by atoms with Gasteiger partial charge in [-0.2, -0.15) is 0 Å². The van der Waals surface area contributed by atoms with Crippen molar-refractivity contribution >= 4 is 17.4 Å². The summed E-state index contributed by atoms with van der Waals surface area (Å²) in [6.07, 6.45) is 2.33. The van der Waals surface area contributed by atoms with Gasteiger partial charge in [-0.1, -0.05) is 0 Å². The number of hydrogen-bond acceptors (Lipinski definition) is 2. The largest absolute Gasteiger partial charge is 0.371 e. The average molecular weight is 279 g/mol. The van der Waals surface area contributed by atoms with Crippen LogP contribution in [0.5, 0.6) is 0 Å². The van der Waals surface area contributed by atoms with Gasteiger partial charge in [0, 0.05) is 31.9 Å². The van der Waals surface area contributed by atoms with Crippen molar-refractivity contribution in [3.63, 3.8) is 0 Å². The van der Waals surface area contributed by atoms with E-state index in [1.54, 1.807) is 17.0 Å². The van der Waals surface area contributed by atoms with E-state index in [2.05, 4.69) is 10.2 Å². The van der Waals surface area contributed by atoms with Crippen LogP contribution in [-0.2, 0) is 0 Å². The van der Waals surface area contributed by atoms with Crippen molar-refractivity contribution in [3.05, 3.63) is 24.0 Å². The van der Waals surface area contributed by atoms with Gasteiger partial charge in [-0.25, -0.2) is 9.18 Å². The van der Waals surface area contributed by atoms with Crippen LogP contribution in [0.4, 0.5) is 20.6 Å². The summed E-state index contributed by atoms with van der Waals surface area (Å²) < 4.78 is 13.8. The maximum Gasteiger partial charge on any atom is 0.321 e. The number of carbonyl (C=O) groups is 1. The summed E-state index contributed by atoms with van der Waals surface area (Å²) in [6.45, 7) is 7.01. The van der Waals surface area contributed by atoms with Crippen molar-refractivity contribution in [2.45, 2.75) is 26.7 Å². The smallest absolute Gasteiger partial charge is 0.321 e. The Balaban J connectivity index is 2.14. The van der Waals surface area contributed by atoms with Crippen LogP contribution in [0.1, 0.15) is 26.7 Å². The van der Waals surface area contributed by atoms with Gasteiger partial charge in [-0.05, 0) is 44.9 Å². The minimum Gasteiger partial charge on any atom is -0.371 e. The number of nitrogens with one attached hydrogen (secondary N) is 1. The van der Waals surface area contributed by atoms with Crippen molar-refractivity contribution in [3.8, 4) is 0 Å². The zero-order chi connectivity index (χ0) is 14.5. The molecule has 0 unspecified atom stereocenters. The zero-order valence-corrected chi connectivity index (χ0v) is 12.2. The standard InChI is InChI=1S/C15H22FN3O/c1-3-18(4-2)15(20)17-14-11-12(7-8-13(14)16)19-9-5-6-10-19/h7-8,11H,3-6,9-10H2,1-2H3,(H,17,20). The predicted octanol–water partition coefficient (Wildman–Crippen LogP) is 3.30. The molecule has 0 saturated carbocycles. The molecule has 2 rings (SSSR count). The van der Waals surface area contributed by atoms with E-state index in [4.69, 9.17) is 0 Å². The number of amides is 2. The Morgan fingerprint density at radius 1 is 1.30 bits per heavy atom. The lowest BCUT2D eigenvalue weighted by Crippen LogP contribution is -2.34. The first kappa shape index (κ1) is 14.6. The third kappa shape index (κ3) is 3.21. The quantitative estimate of drug-likeness (QED) is 0.918. The van der Waals surface area contributed by atoms with E-state index in [1.807, 2.05) is 13.8 Å². The van der Waals surface area contributed by atoms with Crippen LogP contribution in [0.25, 0.3) is 0 Å². The highest BCUT2D eigenvalue weighted by Crippen LogP contribution is 2.25. The summed E-state index contributed by atoms with van der Waals surface area (Å²) >= 11 is 0. The molecule has 1 saturated heterocycles. The summed E-state index contributed by atoms with van der Waals surface area (Å²) in [6, 6.07) is 4.66. The van der Waals surface area contributed by atoms with Crippen LogP contribution < -0.4 is 10.2 Å². The van der Waals surface area contributed by atoms with Gasteiger partial charge >= 0.3 is 6.03 Å². The third-order valence-corrected chi connectivity index (χ3v) is 3.71. The Morgan fingerprint density at radius 3 is 2.55 bits per heavy atom. The van der Waals surface area contributed by atoms with Gasteiger partial charge in [0.15, 0.2) is 0 Å². The van der Waals surface area contributed by atoms with Gasteiger partial charge in [-0.3, -0.25) is 0 Å². The molecule has 1 aliphatic rings. The van der Waals surface area contributed by atoms with Crippen molar-refractivity contribution < 1.29 is 9.18 Å². The molecule has 5 heteroatoms. The molecule has 0 radical (unpaired) electrons. The highest BCUT2D eigenvalue weighted by atomic mass is 19.1. The monoisotopic (exact) mass is 279 g/mol. The molecular formula is C15H22FN3O. The second-order valence-electron chi connectivity index (χ2n) is 4.96.